The molecule has 0 saturated heterocycles. The van der Waals surface area contributed by atoms with Crippen LogP contribution in [0, 0.1) is 0 Å². The number of hydrogen-bond donors (Lipinski definition) is 1. The number of nitrogens with one attached hydrogen (secondary N) is 1. The maximum absolute atomic E-state index is 4.53. The number of imidazole rings is 1. The summed E-state index contributed by atoms with van der Waals surface area (Å²) in [7, 11) is 3.91. The Bertz CT molecular complexity index is 433. The van der Waals surface area contributed by atoms with Crippen molar-refractivity contribution in [1.82, 2.24) is 19.9 Å². The van der Waals surface area contributed by atoms with E-state index in [1.807, 2.05) is 43.2 Å². The van der Waals surface area contributed by atoms with E-state index in [1.165, 1.54) is 0 Å². The molecule has 0 aromatic carbocycles. The van der Waals surface area contributed by atoms with Crippen molar-refractivity contribution in [2.24, 2.45) is 7.05 Å². The van der Waals surface area contributed by atoms with Gasteiger partial charge in [0, 0.05) is 37.7 Å². The SMILES string of the molecule is CNCc1cn(C)c(-c2cccnc2)n1. The molecule has 0 spiro atoms. The zero-order valence-corrected chi connectivity index (χ0v) is 8.94. The Balaban J connectivity index is 2.36. The predicted octanol–water partition coefficient (Wildman–Crippen LogP) is 1.20. The summed E-state index contributed by atoms with van der Waals surface area (Å²) in [6, 6.07) is 3.93. The van der Waals surface area contributed by atoms with Gasteiger partial charge in [-0.05, 0) is 19.2 Å². The fourth-order valence-electron chi connectivity index (χ4n) is 1.56. The fraction of sp³-hybridized carbons (Fsp3) is 0.273. The van der Waals surface area contributed by atoms with Gasteiger partial charge in [-0.1, -0.05) is 0 Å². The molecule has 0 fully saturated rings. The van der Waals surface area contributed by atoms with Crippen LogP contribution < -0.4 is 5.32 Å². The van der Waals surface area contributed by atoms with Gasteiger partial charge in [-0.15, -0.1) is 0 Å². The molecule has 0 radical (unpaired) electrons. The van der Waals surface area contributed by atoms with Crippen LogP contribution in [0.3, 0.4) is 0 Å². The van der Waals surface area contributed by atoms with Gasteiger partial charge >= 0.3 is 0 Å². The van der Waals surface area contributed by atoms with Gasteiger partial charge in [0.15, 0.2) is 0 Å². The van der Waals surface area contributed by atoms with Crippen LogP contribution in [0.5, 0.6) is 0 Å². The Labute approximate surface area is 89.0 Å². The van der Waals surface area contributed by atoms with Gasteiger partial charge in [-0.25, -0.2) is 4.98 Å². The molecule has 0 bridgehead atoms. The summed E-state index contributed by atoms with van der Waals surface area (Å²) in [6.07, 6.45) is 5.62. The zero-order valence-electron chi connectivity index (χ0n) is 8.94. The minimum Gasteiger partial charge on any atom is -0.334 e. The van der Waals surface area contributed by atoms with Crippen LogP contribution in [0.2, 0.25) is 0 Å². The lowest BCUT2D eigenvalue weighted by Gasteiger charge is -1.99. The Hall–Kier alpha value is -1.68. The van der Waals surface area contributed by atoms with E-state index in [4.69, 9.17) is 0 Å². The van der Waals surface area contributed by atoms with Crippen LogP contribution >= 0.6 is 0 Å². The number of aryl methyl sites for hydroxylation is 1. The Morgan fingerprint density at radius 2 is 2.33 bits per heavy atom. The average Bonchev–Trinajstić information content (AvgIpc) is 2.61. The number of nitrogens with zero attached hydrogens (tertiary/aromatic N) is 3. The summed E-state index contributed by atoms with van der Waals surface area (Å²) >= 11 is 0. The van der Waals surface area contributed by atoms with Crippen molar-refractivity contribution in [1.29, 1.82) is 0 Å². The molecule has 2 rings (SSSR count). The third-order valence-electron chi connectivity index (χ3n) is 2.20. The predicted molar refractivity (Wildman–Crippen MR) is 59.2 cm³/mol. The van der Waals surface area contributed by atoms with E-state index in [0.29, 0.717) is 0 Å². The molecule has 4 heteroatoms. The molecule has 0 aliphatic heterocycles. The van der Waals surface area contributed by atoms with E-state index in [1.54, 1.807) is 6.20 Å². The second-order valence-corrected chi connectivity index (χ2v) is 3.44. The van der Waals surface area contributed by atoms with E-state index >= 15 is 0 Å². The third-order valence-corrected chi connectivity index (χ3v) is 2.20. The molecule has 0 aliphatic rings. The van der Waals surface area contributed by atoms with Gasteiger partial charge < -0.3 is 9.88 Å². The molecule has 0 saturated carbocycles. The third kappa shape index (κ3) is 2.05. The fourth-order valence-corrected chi connectivity index (χ4v) is 1.56. The molecular weight excluding hydrogens is 188 g/mol. The first-order valence-corrected chi connectivity index (χ1v) is 4.88. The first kappa shape index (κ1) is 9.86. The highest BCUT2D eigenvalue weighted by Gasteiger charge is 2.06. The lowest BCUT2D eigenvalue weighted by molar-refractivity contribution is 0.795. The smallest absolute Gasteiger partial charge is 0.141 e. The van der Waals surface area contributed by atoms with E-state index in [2.05, 4.69) is 15.3 Å². The quantitative estimate of drug-likeness (QED) is 0.813. The molecule has 2 aromatic rings. The van der Waals surface area contributed by atoms with Crippen molar-refractivity contribution < 1.29 is 0 Å². The van der Waals surface area contributed by atoms with Crippen LogP contribution in [0.25, 0.3) is 11.4 Å². The molecule has 2 aromatic heterocycles. The molecule has 0 aliphatic carbocycles. The van der Waals surface area contributed by atoms with E-state index < -0.39 is 0 Å². The van der Waals surface area contributed by atoms with Gasteiger partial charge in [0.2, 0.25) is 0 Å². The summed E-state index contributed by atoms with van der Waals surface area (Å²) in [6.45, 7) is 0.786. The lowest BCUT2D eigenvalue weighted by Crippen LogP contribution is -2.04. The molecule has 78 valence electrons. The van der Waals surface area contributed by atoms with Crippen molar-refractivity contribution in [2.45, 2.75) is 6.54 Å². The zero-order chi connectivity index (χ0) is 10.7. The van der Waals surface area contributed by atoms with Crippen LogP contribution in [-0.4, -0.2) is 21.6 Å². The van der Waals surface area contributed by atoms with Crippen molar-refractivity contribution in [3.05, 3.63) is 36.4 Å². The van der Waals surface area contributed by atoms with Crippen LogP contribution in [0.4, 0.5) is 0 Å². The molecule has 0 atom stereocenters. The Morgan fingerprint density at radius 1 is 1.47 bits per heavy atom. The molecule has 1 N–H and O–H groups in total. The second-order valence-electron chi connectivity index (χ2n) is 3.44. The van der Waals surface area contributed by atoms with Crippen LogP contribution in [-0.2, 0) is 13.6 Å². The van der Waals surface area contributed by atoms with Crippen LogP contribution in [0.1, 0.15) is 5.69 Å². The van der Waals surface area contributed by atoms with E-state index in [0.717, 1.165) is 23.6 Å². The Kier molecular flexibility index (Phi) is 2.78. The summed E-state index contributed by atoms with van der Waals surface area (Å²) in [5.74, 6) is 0.952. The minimum absolute atomic E-state index is 0.786. The summed E-state index contributed by atoms with van der Waals surface area (Å²) < 4.78 is 2.02. The molecule has 0 amide bonds. The maximum atomic E-state index is 4.53. The number of hydrogen-bond acceptors (Lipinski definition) is 3. The van der Waals surface area contributed by atoms with Gasteiger partial charge in [-0.3, -0.25) is 4.98 Å². The first-order chi connectivity index (χ1) is 7.31. The summed E-state index contributed by atoms with van der Waals surface area (Å²) in [5, 5.41) is 3.08. The average molecular weight is 202 g/mol. The number of rotatable bonds is 3. The standard InChI is InChI=1S/C11H14N4/c1-12-7-10-8-15(2)11(14-10)9-4-3-5-13-6-9/h3-6,8,12H,7H2,1-2H3. The molecule has 2 heterocycles. The minimum atomic E-state index is 0.786. The number of pyridine rings is 1. The maximum Gasteiger partial charge on any atom is 0.141 e. The molecular formula is C11H14N4. The van der Waals surface area contributed by atoms with Crippen molar-refractivity contribution in [3.63, 3.8) is 0 Å². The molecule has 15 heavy (non-hydrogen) atoms. The summed E-state index contributed by atoms with van der Waals surface area (Å²) in [5.41, 5.74) is 2.08. The van der Waals surface area contributed by atoms with Crippen molar-refractivity contribution >= 4 is 0 Å². The van der Waals surface area contributed by atoms with Crippen molar-refractivity contribution in [3.8, 4) is 11.4 Å². The molecule has 0 unspecified atom stereocenters. The van der Waals surface area contributed by atoms with Gasteiger partial charge in [-0.2, -0.15) is 0 Å². The van der Waals surface area contributed by atoms with Gasteiger partial charge in [0.05, 0.1) is 5.69 Å². The van der Waals surface area contributed by atoms with E-state index in [-0.39, 0.29) is 0 Å². The summed E-state index contributed by atoms with van der Waals surface area (Å²) in [4.78, 5) is 8.62. The Morgan fingerprint density at radius 3 is 3.00 bits per heavy atom. The highest BCUT2D eigenvalue weighted by Crippen LogP contribution is 2.16. The first-order valence-electron chi connectivity index (χ1n) is 4.88. The second kappa shape index (κ2) is 4.23. The highest BCUT2D eigenvalue weighted by molar-refractivity contribution is 5.54. The van der Waals surface area contributed by atoms with Gasteiger partial charge in [0.25, 0.3) is 0 Å². The lowest BCUT2D eigenvalue weighted by atomic mass is 10.3. The van der Waals surface area contributed by atoms with E-state index in [9.17, 15) is 0 Å². The largest absolute Gasteiger partial charge is 0.334 e. The van der Waals surface area contributed by atoms with Crippen molar-refractivity contribution in [2.75, 3.05) is 7.05 Å². The van der Waals surface area contributed by atoms with Gasteiger partial charge in [0.1, 0.15) is 5.82 Å². The number of aromatic nitrogens is 3. The monoisotopic (exact) mass is 202 g/mol. The highest BCUT2D eigenvalue weighted by atomic mass is 15.1. The van der Waals surface area contributed by atoms with Crippen LogP contribution in [0.15, 0.2) is 30.7 Å². The topological polar surface area (TPSA) is 42.7 Å². The normalized spacial score (nSPS) is 10.5. The molecule has 4 nitrogen and oxygen atoms in total.